The van der Waals surface area contributed by atoms with E-state index >= 15 is 0 Å². The molecule has 0 aromatic carbocycles. The fourth-order valence-corrected chi connectivity index (χ4v) is 5.10. The monoisotopic (exact) mass is 358 g/mol. The Hall–Kier alpha value is -1.85. The number of aromatic amines is 1. The summed E-state index contributed by atoms with van der Waals surface area (Å²) in [6, 6.07) is 1.67. The number of H-pyrrole nitrogens is 1. The molecule has 2 aliphatic carbocycles. The average Bonchev–Trinajstić information content (AvgIpc) is 3.05. The summed E-state index contributed by atoms with van der Waals surface area (Å²) in [6.45, 7) is 5.70. The van der Waals surface area contributed by atoms with Crippen molar-refractivity contribution in [3.63, 3.8) is 0 Å². The second kappa shape index (κ2) is 6.39. The molecule has 2 heterocycles. The van der Waals surface area contributed by atoms with Gasteiger partial charge in [-0.05, 0) is 63.9 Å². The zero-order chi connectivity index (χ0) is 18.4. The lowest BCUT2D eigenvalue weighted by Gasteiger charge is -2.40. The fraction of sp³-hybridized carbons (Fsp3) is 0.750. The van der Waals surface area contributed by atoms with Crippen LogP contribution in [-0.2, 0) is 4.79 Å². The van der Waals surface area contributed by atoms with Crippen molar-refractivity contribution >= 4 is 11.8 Å². The highest BCUT2D eigenvalue weighted by molar-refractivity contribution is 5.92. The zero-order valence-corrected chi connectivity index (χ0v) is 15.9. The lowest BCUT2D eigenvalue weighted by atomic mass is 9.78. The van der Waals surface area contributed by atoms with Gasteiger partial charge in [-0.15, -0.1) is 0 Å². The van der Waals surface area contributed by atoms with Crippen molar-refractivity contribution in [2.45, 2.75) is 64.3 Å². The van der Waals surface area contributed by atoms with Crippen LogP contribution in [0.1, 0.15) is 69.3 Å². The molecule has 1 aromatic rings. The van der Waals surface area contributed by atoms with Crippen LogP contribution >= 0.6 is 0 Å². The predicted octanol–water partition coefficient (Wildman–Crippen LogP) is 2.74. The molecular weight excluding hydrogens is 328 g/mol. The third-order valence-corrected chi connectivity index (χ3v) is 7.16. The van der Waals surface area contributed by atoms with Crippen molar-refractivity contribution in [1.82, 2.24) is 20.4 Å². The summed E-state index contributed by atoms with van der Waals surface area (Å²) < 4.78 is 0. The van der Waals surface area contributed by atoms with Crippen LogP contribution in [0.15, 0.2) is 12.3 Å². The van der Waals surface area contributed by atoms with E-state index < -0.39 is 0 Å². The first-order chi connectivity index (χ1) is 12.4. The van der Waals surface area contributed by atoms with Crippen molar-refractivity contribution in [3.8, 4) is 0 Å². The molecule has 6 nitrogen and oxygen atoms in total. The molecular formula is C20H30N4O2. The number of carbonyl (C=O) groups excluding carboxylic acids is 2. The third kappa shape index (κ3) is 3.14. The van der Waals surface area contributed by atoms with Crippen molar-refractivity contribution in [3.05, 3.63) is 18.0 Å². The fourth-order valence-electron chi connectivity index (χ4n) is 5.10. The van der Waals surface area contributed by atoms with Gasteiger partial charge in [-0.1, -0.05) is 6.42 Å². The highest BCUT2D eigenvalue weighted by atomic mass is 16.2. The van der Waals surface area contributed by atoms with E-state index in [4.69, 9.17) is 0 Å². The van der Waals surface area contributed by atoms with Crippen molar-refractivity contribution < 1.29 is 9.59 Å². The van der Waals surface area contributed by atoms with Crippen LogP contribution in [0.3, 0.4) is 0 Å². The highest BCUT2D eigenvalue weighted by Gasteiger charge is 2.50. The Morgan fingerprint density at radius 3 is 2.81 bits per heavy atom. The Morgan fingerprint density at radius 2 is 2.12 bits per heavy atom. The second-order valence-electron chi connectivity index (χ2n) is 9.10. The van der Waals surface area contributed by atoms with Crippen LogP contribution in [0.2, 0.25) is 0 Å². The molecule has 6 heteroatoms. The number of nitrogens with one attached hydrogen (secondary N) is 2. The molecule has 1 aliphatic heterocycles. The number of nitrogens with zero attached hydrogens (tertiary/aromatic N) is 2. The van der Waals surface area contributed by atoms with Crippen LogP contribution in [0, 0.1) is 17.3 Å². The SMILES string of the molecule is CC1(C)C(CNC(=O)c2ccn[nH]2)CCN1C(=O)C1CCCC2(CC2)C1. The summed E-state index contributed by atoms with van der Waals surface area (Å²) in [4.78, 5) is 27.5. The summed E-state index contributed by atoms with van der Waals surface area (Å²) in [5, 5.41) is 9.50. The Labute approximate surface area is 155 Å². The molecule has 2 unspecified atom stereocenters. The van der Waals surface area contributed by atoms with E-state index in [2.05, 4.69) is 34.3 Å². The number of likely N-dealkylation sites (tertiary alicyclic amines) is 1. The van der Waals surface area contributed by atoms with Gasteiger partial charge in [0.15, 0.2) is 0 Å². The second-order valence-corrected chi connectivity index (χ2v) is 9.10. The number of rotatable bonds is 4. The van der Waals surface area contributed by atoms with E-state index in [9.17, 15) is 9.59 Å². The molecule has 2 amide bonds. The number of aromatic nitrogens is 2. The van der Waals surface area contributed by atoms with Gasteiger partial charge in [-0.2, -0.15) is 5.10 Å². The smallest absolute Gasteiger partial charge is 0.269 e. The van der Waals surface area contributed by atoms with Crippen LogP contribution < -0.4 is 5.32 Å². The van der Waals surface area contributed by atoms with E-state index in [1.165, 1.54) is 25.7 Å². The summed E-state index contributed by atoms with van der Waals surface area (Å²) in [5.74, 6) is 0.704. The Bertz CT molecular complexity index is 678. The first-order valence-electron chi connectivity index (χ1n) is 10.0. The molecule has 3 aliphatic rings. The number of carbonyl (C=O) groups is 2. The molecule has 4 rings (SSSR count). The lowest BCUT2D eigenvalue weighted by molar-refractivity contribution is -0.141. The minimum Gasteiger partial charge on any atom is -0.350 e. The van der Waals surface area contributed by atoms with Crippen LogP contribution in [0.25, 0.3) is 0 Å². The van der Waals surface area contributed by atoms with Crippen molar-refractivity contribution in [1.29, 1.82) is 0 Å². The summed E-state index contributed by atoms with van der Waals surface area (Å²) >= 11 is 0. The van der Waals surface area contributed by atoms with Crippen LogP contribution in [0.5, 0.6) is 0 Å². The predicted molar refractivity (Wildman–Crippen MR) is 98.4 cm³/mol. The molecule has 0 radical (unpaired) electrons. The molecule has 2 atom stereocenters. The number of amides is 2. The maximum atomic E-state index is 13.2. The van der Waals surface area contributed by atoms with Crippen LogP contribution in [0.4, 0.5) is 0 Å². The molecule has 142 valence electrons. The lowest BCUT2D eigenvalue weighted by Crippen LogP contribution is -2.51. The third-order valence-electron chi connectivity index (χ3n) is 7.16. The minimum atomic E-state index is -0.216. The van der Waals surface area contributed by atoms with E-state index in [0.29, 0.717) is 23.6 Å². The standard InChI is InChI=1S/C20H30N4O2/c1-19(2)15(13-21-17(25)16-5-10-22-23-16)6-11-24(19)18(26)14-4-3-7-20(12-14)8-9-20/h5,10,14-15H,3-4,6-9,11-13H2,1-2H3,(H,21,25)(H,22,23). The Kier molecular flexibility index (Phi) is 4.32. The molecule has 1 aromatic heterocycles. The van der Waals surface area contributed by atoms with Gasteiger partial charge in [0.25, 0.3) is 5.91 Å². The summed E-state index contributed by atoms with van der Waals surface area (Å²) in [7, 11) is 0. The van der Waals surface area contributed by atoms with Gasteiger partial charge in [0.2, 0.25) is 5.91 Å². The van der Waals surface area contributed by atoms with Gasteiger partial charge in [-0.25, -0.2) is 0 Å². The van der Waals surface area contributed by atoms with E-state index in [-0.39, 0.29) is 23.3 Å². The molecule has 26 heavy (non-hydrogen) atoms. The molecule has 1 saturated heterocycles. The van der Waals surface area contributed by atoms with Gasteiger partial charge in [0.1, 0.15) is 5.69 Å². The van der Waals surface area contributed by atoms with Crippen molar-refractivity contribution in [2.75, 3.05) is 13.1 Å². The summed E-state index contributed by atoms with van der Waals surface area (Å²) in [6.07, 6.45) is 9.83. The van der Waals surface area contributed by atoms with Gasteiger partial charge in [0.05, 0.1) is 0 Å². The van der Waals surface area contributed by atoms with Gasteiger partial charge < -0.3 is 10.2 Å². The van der Waals surface area contributed by atoms with Crippen molar-refractivity contribution in [2.24, 2.45) is 17.3 Å². The maximum Gasteiger partial charge on any atom is 0.269 e. The zero-order valence-electron chi connectivity index (χ0n) is 15.9. The van der Waals surface area contributed by atoms with Gasteiger partial charge >= 0.3 is 0 Å². The van der Waals surface area contributed by atoms with Crippen LogP contribution in [-0.4, -0.2) is 45.5 Å². The number of hydrogen-bond donors (Lipinski definition) is 2. The average molecular weight is 358 g/mol. The highest BCUT2D eigenvalue weighted by Crippen LogP contribution is 2.58. The summed E-state index contributed by atoms with van der Waals surface area (Å²) in [5.41, 5.74) is 0.775. The van der Waals surface area contributed by atoms with E-state index in [1.54, 1.807) is 12.3 Å². The van der Waals surface area contributed by atoms with Gasteiger partial charge in [-0.3, -0.25) is 14.7 Å². The topological polar surface area (TPSA) is 78.1 Å². The maximum absolute atomic E-state index is 13.2. The molecule has 2 saturated carbocycles. The van der Waals surface area contributed by atoms with Gasteiger partial charge in [0, 0.05) is 36.7 Å². The molecule has 3 fully saturated rings. The normalized spacial score (nSPS) is 28.9. The van der Waals surface area contributed by atoms with E-state index in [1.807, 2.05) is 0 Å². The van der Waals surface area contributed by atoms with E-state index in [0.717, 1.165) is 25.8 Å². The number of hydrogen-bond acceptors (Lipinski definition) is 3. The largest absolute Gasteiger partial charge is 0.350 e. The molecule has 1 spiro atoms. The minimum absolute atomic E-state index is 0.133. The quantitative estimate of drug-likeness (QED) is 0.869. The Balaban J connectivity index is 1.36. The first-order valence-corrected chi connectivity index (χ1v) is 10.0. The molecule has 0 bridgehead atoms. The molecule has 2 N–H and O–H groups in total. The first kappa shape index (κ1) is 17.6. The Morgan fingerprint density at radius 1 is 1.31 bits per heavy atom.